The Kier molecular flexibility index (Phi) is 3.49. The highest BCUT2D eigenvalue weighted by Gasteiger charge is 2.13. The molecule has 0 N–H and O–H groups in total. The molecule has 0 aliphatic carbocycles. The van der Waals surface area contributed by atoms with Crippen molar-refractivity contribution in [3.05, 3.63) is 58.9 Å². The number of hydrogen-bond acceptors (Lipinski definition) is 0. The molecule has 2 heteroatoms. The van der Waals surface area contributed by atoms with Crippen LogP contribution in [0.3, 0.4) is 0 Å². The minimum atomic E-state index is -0.155. The molecule has 2 rings (SSSR count). The average Bonchev–Trinajstić information content (AvgIpc) is 2.28. The van der Waals surface area contributed by atoms with E-state index >= 15 is 0 Å². The van der Waals surface area contributed by atoms with E-state index in [4.69, 9.17) is 11.6 Å². The monoisotopic (exact) mass is 248 g/mol. The van der Waals surface area contributed by atoms with Gasteiger partial charge >= 0.3 is 0 Å². The molecule has 0 unspecified atom stereocenters. The van der Waals surface area contributed by atoms with Gasteiger partial charge in [-0.25, -0.2) is 4.39 Å². The first-order valence-corrected chi connectivity index (χ1v) is 6.01. The molecule has 0 aromatic heterocycles. The van der Waals surface area contributed by atoms with E-state index in [1.54, 1.807) is 6.07 Å². The fraction of sp³-hybridized carbons (Fsp3) is 0.200. The average molecular weight is 249 g/mol. The van der Waals surface area contributed by atoms with Crippen molar-refractivity contribution in [1.29, 1.82) is 0 Å². The second-order valence-electron chi connectivity index (χ2n) is 4.37. The number of benzene rings is 2. The maximum Gasteiger partial charge on any atom is 0.127 e. The standard InChI is InChI=1S/C15H14ClF/c1-10(2)15-13(7-4-8-14(15)17)11-5-3-6-12(16)9-11/h3-10H,1-2H3. The Morgan fingerprint density at radius 1 is 1.06 bits per heavy atom. The first kappa shape index (κ1) is 12.1. The van der Waals surface area contributed by atoms with Gasteiger partial charge in [-0.1, -0.05) is 49.7 Å². The largest absolute Gasteiger partial charge is 0.207 e. The molecule has 0 radical (unpaired) electrons. The van der Waals surface area contributed by atoms with Crippen LogP contribution < -0.4 is 0 Å². The van der Waals surface area contributed by atoms with Gasteiger partial charge in [0.15, 0.2) is 0 Å². The first-order valence-electron chi connectivity index (χ1n) is 5.64. The summed E-state index contributed by atoms with van der Waals surface area (Å²) >= 11 is 5.97. The van der Waals surface area contributed by atoms with Crippen molar-refractivity contribution in [2.24, 2.45) is 0 Å². The zero-order chi connectivity index (χ0) is 12.4. The van der Waals surface area contributed by atoms with E-state index < -0.39 is 0 Å². The minimum absolute atomic E-state index is 0.144. The molecule has 0 bridgehead atoms. The normalized spacial score (nSPS) is 10.9. The summed E-state index contributed by atoms with van der Waals surface area (Å²) in [6, 6.07) is 12.7. The second-order valence-corrected chi connectivity index (χ2v) is 4.80. The molecule has 0 saturated heterocycles. The Labute approximate surface area is 106 Å². The van der Waals surface area contributed by atoms with Crippen LogP contribution in [0.1, 0.15) is 25.3 Å². The van der Waals surface area contributed by atoms with E-state index in [9.17, 15) is 4.39 Å². The van der Waals surface area contributed by atoms with Crippen LogP contribution in [0.2, 0.25) is 5.02 Å². The van der Waals surface area contributed by atoms with E-state index in [2.05, 4.69) is 0 Å². The molecule has 0 amide bonds. The summed E-state index contributed by atoms with van der Waals surface area (Å²) in [5.74, 6) is -0.0114. The highest BCUT2D eigenvalue weighted by molar-refractivity contribution is 6.30. The number of halogens is 2. The zero-order valence-electron chi connectivity index (χ0n) is 9.87. The van der Waals surface area contributed by atoms with Crippen LogP contribution in [-0.2, 0) is 0 Å². The van der Waals surface area contributed by atoms with Gasteiger partial charge in [0.1, 0.15) is 5.82 Å². The third kappa shape index (κ3) is 2.50. The SMILES string of the molecule is CC(C)c1c(F)cccc1-c1cccc(Cl)c1. The van der Waals surface area contributed by atoms with Gasteiger partial charge in [-0.05, 0) is 40.8 Å². The lowest BCUT2D eigenvalue weighted by atomic mass is 9.92. The van der Waals surface area contributed by atoms with Gasteiger partial charge in [-0.15, -0.1) is 0 Å². The predicted octanol–water partition coefficient (Wildman–Crippen LogP) is 5.27. The Hall–Kier alpha value is -1.34. The lowest BCUT2D eigenvalue weighted by molar-refractivity contribution is 0.599. The van der Waals surface area contributed by atoms with E-state index in [1.165, 1.54) is 6.07 Å². The molecule has 0 aliphatic rings. The van der Waals surface area contributed by atoms with Crippen LogP contribution in [-0.4, -0.2) is 0 Å². The molecule has 0 heterocycles. The highest BCUT2D eigenvalue weighted by atomic mass is 35.5. The van der Waals surface area contributed by atoms with Crippen molar-refractivity contribution in [2.45, 2.75) is 19.8 Å². The van der Waals surface area contributed by atoms with Crippen molar-refractivity contribution in [1.82, 2.24) is 0 Å². The van der Waals surface area contributed by atoms with Crippen LogP contribution in [0, 0.1) is 5.82 Å². The quantitative estimate of drug-likeness (QED) is 0.679. The summed E-state index contributed by atoms with van der Waals surface area (Å²) in [4.78, 5) is 0. The molecule has 88 valence electrons. The molecule has 17 heavy (non-hydrogen) atoms. The predicted molar refractivity (Wildman–Crippen MR) is 70.9 cm³/mol. The Bertz CT molecular complexity index is 532. The van der Waals surface area contributed by atoms with Gasteiger partial charge in [0.25, 0.3) is 0 Å². The zero-order valence-corrected chi connectivity index (χ0v) is 10.6. The summed E-state index contributed by atoms with van der Waals surface area (Å²) in [7, 11) is 0. The Balaban J connectivity index is 2.63. The molecule has 0 aliphatic heterocycles. The molecule has 0 nitrogen and oxygen atoms in total. The second kappa shape index (κ2) is 4.89. The van der Waals surface area contributed by atoms with E-state index in [1.807, 2.05) is 44.2 Å². The van der Waals surface area contributed by atoms with Gasteiger partial charge in [-0.2, -0.15) is 0 Å². The van der Waals surface area contributed by atoms with Gasteiger partial charge in [-0.3, -0.25) is 0 Å². The number of hydrogen-bond donors (Lipinski definition) is 0. The molecule has 0 spiro atoms. The summed E-state index contributed by atoms with van der Waals surface area (Å²) in [6.07, 6.45) is 0. The van der Waals surface area contributed by atoms with Gasteiger partial charge in [0, 0.05) is 5.02 Å². The van der Waals surface area contributed by atoms with Gasteiger partial charge in [0.05, 0.1) is 0 Å². The van der Waals surface area contributed by atoms with Gasteiger partial charge in [0.2, 0.25) is 0 Å². The molecule has 0 atom stereocenters. The summed E-state index contributed by atoms with van der Waals surface area (Å²) in [5.41, 5.74) is 2.62. The van der Waals surface area contributed by atoms with Crippen molar-refractivity contribution in [3.63, 3.8) is 0 Å². The molecule has 0 fully saturated rings. The van der Waals surface area contributed by atoms with Crippen LogP contribution in [0.25, 0.3) is 11.1 Å². The molecule has 0 saturated carbocycles. The smallest absolute Gasteiger partial charge is 0.127 e. The molecular formula is C15H14ClF. The minimum Gasteiger partial charge on any atom is -0.207 e. The van der Waals surface area contributed by atoms with Crippen LogP contribution in [0.5, 0.6) is 0 Å². The number of rotatable bonds is 2. The molecular weight excluding hydrogens is 235 g/mol. The topological polar surface area (TPSA) is 0 Å². The van der Waals surface area contributed by atoms with E-state index in [-0.39, 0.29) is 11.7 Å². The van der Waals surface area contributed by atoms with Crippen molar-refractivity contribution in [2.75, 3.05) is 0 Å². The lowest BCUT2D eigenvalue weighted by Gasteiger charge is -2.14. The summed E-state index contributed by atoms with van der Waals surface area (Å²) in [6.45, 7) is 3.99. The fourth-order valence-electron chi connectivity index (χ4n) is 2.03. The highest BCUT2D eigenvalue weighted by Crippen LogP contribution is 2.32. The van der Waals surface area contributed by atoms with Crippen LogP contribution in [0.15, 0.2) is 42.5 Å². The first-order chi connectivity index (χ1) is 8.09. The molecule has 2 aromatic rings. The third-order valence-electron chi connectivity index (χ3n) is 2.77. The van der Waals surface area contributed by atoms with Crippen LogP contribution in [0.4, 0.5) is 4.39 Å². The maximum atomic E-state index is 13.9. The van der Waals surface area contributed by atoms with Crippen LogP contribution >= 0.6 is 11.6 Å². The lowest BCUT2D eigenvalue weighted by Crippen LogP contribution is -1.96. The van der Waals surface area contributed by atoms with E-state index in [0.717, 1.165) is 16.7 Å². The van der Waals surface area contributed by atoms with Gasteiger partial charge < -0.3 is 0 Å². The maximum absolute atomic E-state index is 13.9. The Morgan fingerprint density at radius 2 is 1.76 bits per heavy atom. The Morgan fingerprint density at radius 3 is 2.41 bits per heavy atom. The molecule has 2 aromatic carbocycles. The van der Waals surface area contributed by atoms with E-state index in [0.29, 0.717) is 5.02 Å². The summed E-state index contributed by atoms with van der Waals surface area (Å²) < 4.78 is 13.9. The third-order valence-corrected chi connectivity index (χ3v) is 3.00. The summed E-state index contributed by atoms with van der Waals surface area (Å²) in [5, 5.41) is 0.668. The van der Waals surface area contributed by atoms with Crippen molar-refractivity contribution >= 4 is 11.6 Å². The van der Waals surface area contributed by atoms with Crippen molar-refractivity contribution in [3.8, 4) is 11.1 Å². The van der Waals surface area contributed by atoms with Crippen molar-refractivity contribution < 1.29 is 4.39 Å². The fourth-order valence-corrected chi connectivity index (χ4v) is 2.22.